The van der Waals surface area contributed by atoms with Crippen molar-refractivity contribution in [3.05, 3.63) is 56.6 Å². The largest absolute Gasteiger partial charge is 0.331 e. The van der Waals surface area contributed by atoms with Crippen molar-refractivity contribution in [2.24, 2.45) is 5.41 Å². The molecule has 2 fully saturated rings. The van der Waals surface area contributed by atoms with Gasteiger partial charge in [-0.05, 0) is 66.2 Å². The predicted molar refractivity (Wildman–Crippen MR) is 94.2 cm³/mol. The number of rotatable bonds is 4. The molecule has 2 N–H and O–H groups in total. The molecule has 4 rings (SSSR count). The van der Waals surface area contributed by atoms with E-state index in [1.54, 1.807) is 17.4 Å². The molecule has 0 aromatic carbocycles. The summed E-state index contributed by atoms with van der Waals surface area (Å²) < 4.78 is 0. The van der Waals surface area contributed by atoms with Crippen LogP contribution in [0.4, 0.5) is 0 Å². The van der Waals surface area contributed by atoms with E-state index in [1.807, 2.05) is 10.3 Å². The number of nitrogens with zero attached hydrogens (tertiary/aromatic N) is 1. The number of aromatic amines is 1. The summed E-state index contributed by atoms with van der Waals surface area (Å²) >= 11 is 1.65. The lowest BCUT2D eigenvalue weighted by Crippen LogP contribution is -2.39. The van der Waals surface area contributed by atoms with E-state index in [1.165, 1.54) is 17.8 Å². The second kappa shape index (κ2) is 6.18. The number of carbonyl (C=O) groups excluding carboxylic acids is 1. The first-order chi connectivity index (χ1) is 11.7. The van der Waals surface area contributed by atoms with Crippen molar-refractivity contribution in [2.45, 2.75) is 31.8 Å². The molecule has 1 spiro atoms. The van der Waals surface area contributed by atoms with E-state index in [-0.39, 0.29) is 11.5 Å². The van der Waals surface area contributed by atoms with Gasteiger partial charge in [0.15, 0.2) is 0 Å². The minimum absolute atomic E-state index is 0.0119. The molecule has 0 radical (unpaired) electrons. The van der Waals surface area contributed by atoms with E-state index in [4.69, 9.17) is 0 Å². The van der Waals surface area contributed by atoms with Crippen molar-refractivity contribution in [1.29, 1.82) is 0 Å². The topological polar surface area (TPSA) is 65.2 Å². The third-order valence-corrected chi connectivity index (χ3v) is 6.08. The van der Waals surface area contributed by atoms with Crippen molar-refractivity contribution >= 4 is 17.2 Å². The number of hydrogen-bond acceptors (Lipinski definition) is 4. The molecule has 1 saturated carbocycles. The van der Waals surface area contributed by atoms with Gasteiger partial charge in [-0.1, -0.05) is 0 Å². The molecule has 2 aliphatic rings. The van der Waals surface area contributed by atoms with Gasteiger partial charge in [0.05, 0.1) is 5.56 Å². The fraction of sp³-hybridized carbons (Fsp3) is 0.444. The minimum atomic E-state index is -0.183. The van der Waals surface area contributed by atoms with Crippen LogP contribution in [-0.4, -0.2) is 34.9 Å². The van der Waals surface area contributed by atoms with Crippen LogP contribution in [0.2, 0.25) is 0 Å². The molecule has 1 saturated heterocycles. The van der Waals surface area contributed by atoms with Gasteiger partial charge >= 0.3 is 0 Å². The van der Waals surface area contributed by atoms with Crippen LogP contribution in [0.15, 0.2) is 40.0 Å². The number of thiophene rings is 1. The van der Waals surface area contributed by atoms with Gasteiger partial charge in [-0.2, -0.15) is 11.3 Å². The van der Waals surface area contributed by atoms with Crippen LogP contribution in [0.25, 0.3) is 0 Å². The third-order valence-electron chi connectivity index (χ3n) is 5.35. The summed E-state index contributed by atoms with van der Waals surface area (Å²) in [5, 5.41) is 7.56. The van der Waals surface area contributed by atoms with E-state index >= 15 is 0 Å². The average molecular weight is 343 g/mol. The molecule has 1 aliphatic heterocycles. The molecule has 0 unspecified atom stereocenters. The Labute approximate surface area is 144 Å². The Hall–Kier alpha value is -1.92. The number of H-pyrrole nitrogens is 1. The van der Waals surface area contributed by atoms with E-state index in [9.17, 15) is 9.59 Å². The van der Waals surface area contributed by atoms with E-state index in [2.05, 4.69) is 21.7 Å². The lowest BCUT2D eigenvalue weighted by Gasteiger charge is -2.29. The first-order valence-electron chi connectivity index (χ1n) is 8.39. The highest BCUT2D eigenvalue weighted by molar-refractivity contribution is 7.07. The number of aromatic nitrogens is 1. The normalized spacial score (nSPS) is 21.6. The molecule has 6 heteroatoms. The van der Waals surface area contributed by atoms with Crippen LogP contribution in [0, 0.1) is 5.41 Å². The Morgan fingerprint density at radius 2 is 2.12 bits per heavy atom. The third kappa shape index (κ3) is 2.91. The summed E-state index contributed by atoms with van der Waals surface area (Å²) in [6, 6.07) is 5.43. The van der Waals surface area contributed by atoms with Gasteiger partial charge in [0.2, 0.25) is 5.56 Å². The Bertz CT molecular complexity index is 757. The number of carbonyl (C=O) groups is 1. The summed E-state index contributed by atoms with van der Waals surface area (Å²) in [5.41, 5.74) is 1.84. The number of hydrogen-bond donors (Lipinski definition) is 2. The van der Waals surface area contributed by atoms with Gasteiger partial charge in [0.1, 0.15) is 0 Å². The number of piperidine rings is 1. The van der Waals surface area contributed by atoms with Crippen LogP contribution >= 0.6 is 11.3 Å². The maximum absolute atomic E-state index is 13.1. The smallest absolute Gasteiger partial charge is 0.255 e. The van der Waals surface area contributed by atoms with Crippen LogP contribution in [0.1, 0.15) is 35.2 Å². The van der Waals surface area contributed by atoms with E-state index < -0.39 is 0 Å². The second-order valence-electron chi connectivity index (χ2n) is 6.84. The van der Waals surface area contributed by atoms with E-state index in [0.717, 1.165) is 32.4 Å². The quantitative estimate of drug-likeness (QED) is 0.895. The standard InChI is InChI=1S/C18H21N3O2S/c22-16-2-1-14(10-20-16)17(23)21(11-13-3-8-24-12-13)15-9-18(15)4-6-19-7-5-18/h1-3,8,10,12,15,19H,4-7,9,11H2,(H,20,22)/t15-/m1/s1. The van der Waals surface area contributed by atoms with Gasteiger partial charge < -0.3 is 15.2 Å². The minimum Gasteiger partial charge on any atom is -0.331 e. The molecule has 126 valence electrons. The maximum Gasteiger partial charge on any atom is 0.255 e. The van der Waals surface area contributed by atoms with Crippen molar-refractivity contribution in [1.82, 2.24) is 15.2 Å². The monoisotopic (exact) mass is 343 g/mol. The van der Waals surface area contributed by atoms with Gasteiger partial charge in [-0.3, -0.25) is 9.59 Å². The molecule has 1 atom stereocenters. The Morgan fingerprint density at radius 3 is 2.79 bits per heavy atom. The molecular weight excluding hydrogens is 322 g/mol. The fourth-order valence-electron chi connectivity index (χ4n) is 3.84. The lowest BCUT2D eigenvalue weighted by atomic mass is 9.93. The maximum atomic E-state index is 13.1. The van der Waals surface area contributed by atoms with Crippen molar-refractivity contribution in [3.63, 3.8) is 0 Å². The summed E-state index contributed by atoms with van der Waals surface area (Å²) in [7, 11) is 0. The lowest BCUT2D eigenvalue weighted by molar-refractivity contribution is 0.0692. The number of nitrogens with one attached hydrogen (secondary N) is 2. The molecule has 0 bridgehead atoms. The second-order valence-corrected chi connectivity index (χ2v) is 7.62. The van der Waals surface area contributed by atoms with Crippen LogP contribution in [-0.2, 0) is 6.54 Å². The van der Waals surface area contributed by atoms with Crippen molar-refractivity contribution in [3.8, 4) is 0 Å². The number of pyridine rings is 1. The van der Waals surface area contributed by atoms with Crippen LogP contribution in [0.3, 0.4) is 0 Å². The van der Waals surface area contributed by atoms with Crippen molar-refractivity contribution in [2.75, 3.05) is 13.1 Å². The molecule has 2 aromatic rings. The molecule has 2 aromatic heterocycles. The van der Waals surface area contributed by atoms with Crippen LogP contribution < -0.4 is 10.9 Å². The summed E-state index contributed by atoms with van der Waals surface area (Å²) in [5.74, 6) is 0.0119. The molecule has 1 amide bonds. The van der Waals surface area contributed by atoms with Gasteiger partial charge in [-0.25, -0.2) is 0 Å². The molecule has 5 nitrogen and oxygen atoms in total. The highest BCUT2D eigenvalue weighted by atomic mass is 32.1. The average Bonchev–Trinajstić information content (AvgIpc) is 3.04. The Morgan fingerprint density at radius 1 is 1.29 bits per heavy atom. The predicted octanol–water partition coefficient (Wildman–Crippen LogP) is 2.22. The zero-order valence-corrected chi connectivity index (χ0v) is 14.3. The van der Waals surface area contributed by atoms with Crippen molar-refractivity contribution < 1.29 is 4.79 Å². The molecule has 24 heavy (non-hydrogen) atoms. The number of amides is 1. The summed E-state index contributed by atoms with van der Waals surface area (Å²) in [6.07, 6.45) is 4.89. The van der Waals surface area contributed by atoms with Gasteiger partial charge in [0.25, 0.3) is 5.91 Å². The van der Waals surface area contributed by atoms with Crippen LogP contribution in [0.5, 0.6) is 0 Å². The summed E-state index contributed by atoms with van der Waals surface area (Å²) in [4.78, 5) is 29.0. The molecule has 3 heterocycles. The SMILES string of the molecule is O=C(c1ccc(=O)[nH]c1)N(Cc1ccsc1)[C@@H]1CC12CCNCC2. The fourth-order valence-corrected chi connectivity index (χ4v) is 4.50. The zero-order chi connectivity index (χ0) is 16.6. The zero-order valence-electron chi connectivity index (χ0n) is 13.5. The first-order valence-corrected chi connectivity index (χ1v) is 9.34. The van der Waals surface area contributed by atoms with E-state index in [0.29, 0.717) is 23.6 Å². The highest BCUT2D eigenvalue weighted by Gasteiger charge is 2.57. The molecule has 1 aliphatic carbocycles. The Balaban J connectivity index is 1.59. The summed E-state index contributed by atoms with van der Waals surface area (Å²) in [6.45, 7) is 2.71. The highest BCUT2D eigenvalue weighted by Crippen LogP contribution is 2.56. The van der Waals surface area contributed by atoms with Gasteiger partial charge in [-0.15, -0.1) is 0 Å². The van der Waals surface area contributed by atoms with Gasteiger partial charge in [0, 0.05) is 24.8 Å². The molecular formula is C18H21N3O2S. The Kier molecular flexibility index (Phi) is 4.02. The first kappa shape index (κ1) is 15.6.